The first-order valence-electron chi connectivity index (χ1n) is 6.76. The minimum atomic E-state index is 0. The van der Waals surface area contributed by atoms with Gasteiger partial charge >= 0.3 is 0 Å². The molecule has 1 N–H and O–H groups in total. The lowest BCUT2D eigenvalue weighted by atomic mass is 10.2. The predicted molar refractivity (Wildman–Crippen MR) is 95.5 cm³/mol. The van der Waals surface area contributed by atoms with Gasteiger partial charge in [-0.05, 0) is 18.2 Å². The van der Waals surface area contributed by atoms with E-state index in [0.29, 0.717) is 10.0 Å². The number of thiazole rings is 1. The molecule has 0 spiro atoms. The van der Waals surface area contributed by atoms with E-state index in [4.69, 9.17) is 23.2 Å². The molecule has 5 nitrogen and oxygen atoms in total. The maximum atomic E-state index is 6.06. The third-order valence-electron chi connectivity index (χ3n) is 3.47. The summed E-state index contributed by atoms with van der Waals surface area (Å²) in [6.07, 6.45) is 0. The van der Waals surface area contributed by atoms with Crippen LogP contribution in [0.5, 0.6) is 0 Å². The zero-order chi connectivity index (χ0) is 15.1. The van der Waals surface area contributed by atoms with Crippen LogP contribution in [0.1, 0.15) is 5.82 Å². The van der Waals surface area contributed by atoms with Gasteiger partial charge in [0, 0.05) is 34.1 Å². The summed E-state index contributed by atoms with van der Waals surface area (Å²) in [7, 11) is 0. The van der Waals surface area contributed by atoms with Gasteiger partial charge in [0.15, 0.2) is 5.82 Å². The summed E-state index contributed by atoms with van der Waals surface area (Å²) in [5, 5.41) is 15.8. The molecule has 4 rings (SSSR count). The van der Waals surface area contributed by atoms with Crippen molar-refractivity contribution in [2.45, 2.75) is 13.1 Å². The molecule has 0 aliphatic carbocycles. The van der Waals surface area contributed by atoms with E-state index in [9.17, 15) is 0 Å². The van der Waals surface area contributed by atoms with Gasteiger partial charge in [-0.1, -0.05) is 23.2 Å². The van der Waals surface area contributed by atoms with E-state index in [1.165, 1.54) is 0 Å². The van der Waals surface area contributed by atoms with Crippen LogP contribution in [0.2, 0.25) is 10.0 Å². The molecule has 1 aromatic carbocycles. The first-order chi connectivity index (χ1) is 10.7. The minimum Gasteiger partial charge on any atom is -0.308 e. The van der Waals surface area contributed by atoms with Crippen LogP contribution in [0.15, 0.2) is 23.6 Å². The molecule has 0 unspecified atom stereocenters. The van der Waals surface area contributed by atoms with Crippen molar-refractivity contribution in [3.63, 3.8) is 0 Å². The second-order valence-electron chi connectivity index (χ2n) is 4.96. The van der Waals surface area contributed by atoms with Crippen LogP contribution in [0.4, 0.5) is 0 Å². The molecule has 3 heterocycles. The molecule has 0 fully saturated rings. The lowest BCUT2D eigenvalue weighted by molar-refractivity contribution is 0.508. The summed E-state index contributed by atoms with van der Waals surface area (Å²) in [6, 6.07) is 5.43. The number of halogens is 3. The number of nitrogens with zero attached hydrogens (tertiary/aromatic N) is 4. The van der Waals surface area contributed by atoms with Crippen molar-refractivity contribution in [3.05, 3.63) is 39.4 Å². The highest BCUT2D eigenvalue weighted by atomic mass is 35.5. The Balaban J connectivity index is 0.00000156. The van der Waals surface area contributed by atoms with E-state index >= 15 is 0 Å². The fraction of sp³-hybridized carbons (Fsp3) is 0.214. The molecule has 0 saturated heterocycles. The van der Waals surface area contributed by atoms with Crippen LogP contribution in [0, 0.1) is 0 Å². The van der Waals surface area contributed by atoms with Gasteiger partial charge in [0.05, 0.1) is 6.54 Å². The van der Waals surface area contributed by atoms with E-state index in [0.717, 1.165) is 47.5 Å². The first kappa shape index (κ1) is 16.7. The van der Waals surface area contributed by atoms with Crippen molar-refractivity contribution < 1.29 is 0 Å². The number of rotatable bonds is 2. The van der Waals surface area contributed by atoms with Crippen molar-refractivity contribution >= 4 is 46.9 Å². The molecule has 9 heteroatoms. The molecule has 1 aliphatic heterocycles. The maximum Gasteiger partial charge on any atom is 0.183 e. The van der Waals surface area contributed by atoms with Gasteiger partial charge < -0.3 is 9.88 Å². The highest BCUT2D eigenvalue weighted by molar-refractivity contribution is 7.13. The number of benzene rings is 1. The second kappa shape index (κ2) is 6.75. The molecule has 0 amide bonds. The summed E-state index contributed by atoms with van der Waals surface area (Å²) in [6.45, 7) is 2.51. The van der Waals surface area contributed by atoms with Crippen molar-refractivity contribution in [2.75, 3.05) is 6.54 Å². The van der Waals surface area contributed by atoms with Gasteiger partial charge in [-0.25, -0.2) is 4.98 Å². The third-order valence-corrected chi connectivity index (χ3v) is 4.79. The Morgan fingerprint density at radius 3 is 2.70 bits per heavy atom. The van der Waals surface area contributed by atoms with E-state index in [1.807, 2.05) is 17.5 Å². The Kier molecular flexibility index (Phi) is 4.89. The van der Waals surface area contributed by atoms with Gasteiger partial charge in [-0.3, -0.25) is 0 Å². The quantitative estimate of drug-likeness (QED) is 0.723. The first-order valence-corrected chi connectivity index (χ1v) is 8.39. The van der Waals surface area contributed by atoms with Gasteiger partial charge in [0.1, 0.15) is 16.5 Å². The fourth-order valence-electron chi connectivity index (χ4n) is 2.47. The minimum absolute atomic E-state index is 0. The number of hydrogen-bond donors (Lipinski definition) is 1. The molecule has 3 aromatic rings. The second-order valence-corrected chi connectivity index (χ2v) is 6.70. The third kappa shape index (κ3) is 3.22. The molecule has 0 atom stereocenters. The number of hydrogen-bond acceptors (Lipinski definition) is 5. The molecule has 0 bridgehead atoms. The van der Waals surface area contributed by atoms with Gasteiger partial charge in [0.25, 0.3) is 0 Å². The average Bonchev–Trinajstić information content (AvgIpc) is 3.12. The topological polar surface area (TPSA) is 55.6 Å². The predicted octanol–water partition coefficient (Wildman–Crippen LogP) is 3.90. The van der Waals surface area contributed by atoms with Crippen LogP contribution >= 0.6 is 46.9 Å². The largest absolute Gasteiger partial charge is 0.308 e. The van der Waals surface area contributed by atoms with Crippen molar-refractivity contribution in [3.8, 4) is 22.1 Å². The molecular weight excluding hydrogens is 377 g/mol. The standard InChI is InChI=1S/C14H11Cl2N5S.ClH/c15-9-3-8(4-10(16)5-9)14-18-11(7-22-14)13-20-19-12-6-17-1-2-21(12)13;/h3-5,7,17H,1-2,6H2;1H. The lowest BCUT2D eigenvalue weighted by Gasteiger charge is -2.15. The summed E-state index contributed by atoms with van der Waals surface area (Å²) in [5.74, 6) is 1.76. The van der Waals surface area contributed by atoms with E-state index < -0.39 is 0 Å². The smallest absolute Gasteiger partial charge is 0.183 e. The highest BCUT2D eigenvalue weighted by Gasteiger charge is 2.19. The fourth-order valence-corrected chi connectivity index (χ4v) is 3.78. The van der Waals surface area contributed by atoms with Crippen LogP contribution in [0.25, 0.3) is 22.1 Å². The van der Waals surface area contributed by atoms with Crippen molar-refractivity contribution in [2.24, 2.45) is 0 Å². The Morgan fingerprint density at radius 2 is 1.91 bits per heavy atom. The number of nitrogens with one attached hydrogen (secondary N) is 1. The molecular formula is C14H12Cl3N5S. The molecule has 2 aromatic heterocycles. The van der Waals surface area contributed by atoms with Gasteiger partial charge in [-0.15, -0.1) is 33.9 Å². The van der Waals surface area contributed by atoms with Crippen molar-refractivity contribution in [1.82, 2.24) is 25.1 Å². The zero-order valence-corrected chi connectivity index (χ0v) is 14.9. The summed E-state index contributed by atoms with van der Waals surface area (Å²) < 4.78 is 2.11. The van der Waals surface area contributed by atoms with E-state index in [-0.39, 0.29) is 12.4 Å². The van der Waals surface area contributed by atoms with Crippen LogP contribution in [-0.2, 0) is 13.1 Å². The summed E-state index contributed by atoms with van der Waals surface area (Å²) in [5.41, 5.74) is 1.74. The van der Waals surface area contributed by atoms with Gasteiger partial charge in [-0.2, -0.15) is 0 Å². The molecule has 1 aliphatic rings. The summed E-state index contributed by atoms with van der Waals surface area (Å²) >= 11 is 13.7. The lowest BCUT2D eigenvalue weighted by Crippen LogP contribution is -2.28. The number of aromatic nitrogens is 4. The van der Waals surface area contributed by atoms with E-state index in [2.05, 4.69) is 25.1 Å². The Bertz CT molecular complexity index is 825. The zero-order valence-electron chi connectivity index (χ0n) is 11.8. The number of fused-ring (bicyclic) bond motifs is 1. The summed E-state index contributed by atoms with van der Waals surface area (Å²) in [4.78, 5) is 4.67. The van der Waals surface area contributed by atoms with E-state index in [1.54, 1.807) is 17.4 Å². The Hall–Kier alpha value is -1.18. The molecule has 0 saturated carbocycles. The Labute approximate surface area is 153 Å². The molecule has 23 heavy (non-hydrogen) atoms. The SMILES string of the molecule is Cl.Clc1cc(Cl)cc(-c2nc(-c3nnc4n3CCNC4)cs2)c1. The monoisotopic (exact) mass is 387 g/mol. The molecule has 120 valence electrons. The van der Waals surface area contributed by atoms with Crippen LogP contribution in [0.3, 0.4) is 0 Å². The maximum absolute atomic E-state index is 6.06. The highest BCUT2D eigenvalue weighted by Crippen LogP contribution is 2.32. The Morgan fingerprint density at radius 1 is 1.13 bits per heavy atom. The van der Waals surface area contributed by atoms with Crippen molar-refractivity contribution in [1.29, 1.82) is 0 Å². The van der Waals surface area contributed by atoms with Crippen LogP contribution < -0.4 is 5.32 Å². The van der Waals surface area contributed by atoms with Gasteiger partial charge in [0.2, 0.25) is 0 Å². The normalized spacial score (nSPS) is 13.5. The average molecular weight is 389 g/mol. The molecule has 0 radical (unpaired) electrons. The van der Waals surface area contributed by atoms with Crippen LogP contribution in [-0.4, -0.2) is 26.3 Å².